The van der Waals surface area contributed by atoms with E-state index in [1.807, 2.05) is 66.7 Å². The van der Waals surface area contributed by atoms with Crippen LogP contribution in [-0.2, 0) is 11.2 Å². The Morgan fingerprint density at radius 1 is 1.16 bits per heavy atom. The van der Waals surface area contributed by atoms with Crippen molar-refractivity contribution in [3.8, 4) is 0 Å². The normalized spacial score (nSPS) is 17.1. The number of carbonyl (C=O) groups excluding carboxylic acids is 2. The lowest BCUT2D eigenvalue weighted by atomic mass is 9.98. The van der Waals surface area contributed by atoms with Gasteiger partial charge in [-0.1, -0.05) is 48.5 Å². The van der Waals surface area contributed by atoms with Gasteiger partial charge in [0, 0.05) is 49.1 Å². The molecule has 0 radical (unpaired) electrons. The van der Waals surface area contributed by atoms with Crippen LogP contribution in [0.25, 0.3) is 10.8 Å². The molecule has 1 aliphatic heterocycles. The van der Waals surface area contributed by atoms with E-state index in [1.165, 1.54) is 0 Å². The van der Waals surface area contributed by atoms with Crippen LogP contribution in [0.2, 0.25) is 0 Å². The first-order valence-corrected chi connectivity index (χ1v) is 11.5. The fourth-order valence-corrected chi connectivity index (χ4v) is 4.18. The Bertz CT molecular complexity index is 1110. The van der Waals surface area contributed by atoms with Crippen molar-refractivity contribution in [2.45, 2.75) is 18.5 Å². The number of rotatable bonds is 7. The Kier molecular flexibility index (Phi) is 6.97. The quantitative estimate of drug-likeness (QED) is 0.419. The second-order valence-corrected chi connectivity index (χ2v) is 8.43. The number of benzene rings is 3. The zero-order chi connectivity index (χ0) is 22.5. The van der Waals surface area contributed by atoms with Crippen LogP contribution in [-0.4, -0.2) is 54.2 Å². The van der Waals surface area contributed by atoms with Gasteiger partial charge in [-0.25, -0.2) is 0 Å². The Morgan fingerprint density at radius 3 is 2.75 bits per heavy atom. The van der Waals surface area contributed by atoms with Gasteiger partial charge in [-0.15, -0.1) is 0 Å². The number of nitrogens with one attached hydrogen (secondary N) is 2. The lowest BCUT2D eigenvalue weighted by molar-refractivity contribution is -0.127. The number of nitrogens with zero attached hydrogens (tertiary/aromatic N) is 1. The zero-order valence-electron chi connectivity index (χ0n) is 17.8. The first-order chi connectivity index (χ1) is 15.6. The third kappa shape index (κ3) is 4.89. The minimum atomic E-state index is -0.530. The minimum Gasteiger partial charge on any atom is -0.383 e. The van der Waals surface area contributed by atoms with Gasteiger partial charge >= 0.3 is 0 Å². The van der Waals surface area contributed by atoms with Crippen LogP contribution in [0.4, 0.5) is 5.69 Å². The van der Waals surface area contributed by atoms with E-state index < -0.39 is 6.04 Å². The molecule has 1 saturated heterocycles. The number of anilines is 1. The third-order valence-corrected chi connectivity index (χ3v) is 6.25. The molecule has 2 amide bonds. The van der Waals surface area contributed by atoms with Crippen molar-refractivity contribution in [2.24, 2.45) is 5.73 Å². The molecule has 3 aromatic rings. The number of hydrogen-bond donors (Lipinski definition) is 4. The maximum atomic E-state index is 13.6. The average Bonchev–Trinajstić information content (AvgIpc) is 2.83. The first kappa shape index (κ1) is 22.2. The molecule has 4 N–H and O–H groups in total. The molecule has 1 fully saturated rings. The lowest BCUT2D eigenvalue weighted by Crippen LogP contribution is -2.58. The minimum absolute atomic E-state index is 0.0336. The van der Waals surface area contributed by atoms with Crippen molar-refractivity contribution in [1.82, 2.24) is 10.2 Å². The van der Waals surface area contributed by atoms with E-state index in [-0.39, 0.29) is 17.9 Å². The maximum absolute atomic E-state index is 13.6. The number of nitrogens with two attached hydrogens (primary N) is 1. The Hall–Kier alpha value is -3.03. The zero-order valence-corrected chi connectivity index (χ0v) is 18.7. The van der Waals surface area contributed by atoms with Crippen LogP contribution in [0.5, 0.6) is 0 Å². The third-order valence-electron chi connectivity index (χ3n) is 5.78. The van der Waals surface area contributed by atoms with Crippen molar-refractivity contribution in [2.75, 3.05) is 30.7 Å². The monoisotopic (exact) mass is 448 g/mol. The number of piperazine rings is 1. The summed E-state index contributed by atoms with van der Waals surface area (Å²) in [4.78, 5) is 28.0. The second kappa shape index (κ2) is 10.1. The van der Waals surface area contributed by atoms with E-state index in [2.05, 4.69) is 23.3 Å². The molecule has 6 nitrogen and oxygen atoms in total. The van der Waals surface area contributed by atoms with Gasteiger partial charge in [0.2, 0.25) is 5.91 Å². The van der Waals surface area contributed by atoms with Crippen molar-refractivity contribution in [3.63, 3.8) is 0 Å². The van der Waals surface area contributed by atoms with Gasteiger partial charge < -0.3 is 21.3 Å². The van der Waals surface area contributed by atoms with E-state index in [1.54, 1.807) is 4.90 Å². The average molecular weight is 449 g/mol. The highest BCUT2D eigenvalue weighted by molar-refractivity contribution is 7.80. The van der Waals surface area contributed by atoms with Crippen molar-refractivity contribution >= 4 is 40.9 Å². The predicted molar refractivity (Wildman–Crippen MR) is 132 cm³/mol. The molecule has 7 heteroatoms. The fraction of sp³-hybridized carbons (Fsp3) is 0.280. The molecule has 3 aromatic carbocycles. The van der Waals surface area contributed by atoms with Gasteiger partial charge in [-0.05, 0) is 34.5 Å². The summed E-state index contributed by atoms with van der Waals surface area (Å²) in [6, 6.07) is 20.9. The highest BCUT2D eigenvalue weighted by atomic mass is 32.1. The molecule has 4 rings (SSSR count). The van der Waals surface area contributed by atoms with Crippen LogP contribution in [0, 0.1) is 0 Å². The van der Waals surface area contributed by atoms with Crippen molar-refractivity contribution in [1.29, 1.82) is 0 Å². The predicted octanol–water partition coefficient (Wildman–Crippen LogP) is 2.69. The molecule has 2 atom stereocenters. The summed E-state index contributed by atoms with van der Waals surface area (Å²) in [6.07, 6.45) is 0.489. The number of amides is 2. The van der Waals surface area contributed by atoms with Gasteiger partial charge in [0.1, 0.15) is 6.04 Å². The number of fused-ring (bicyclic) bond motifs is 1. The molecule has 166 valence electrons. The molecule has 0 bridgehead atoms. The smallest absolute Gasteiger partial charge is 0.255 e. The van der Waals surface area contributed by atoms with Gasteiger partial charge in [0.25, 0.3) is 5.91 Å². The molecule has 0 aliphatic carbocycles. The SMILES string of the molecule is N[C@@H](CS)CNc1ccc2c(C(=O)N3CCNC(=O)[C@@H]3Cc3ccccc3)cccc2c1. The molecule has 0 spiro atoms. The summed E-state index contributed by atoms with van der Waals surface area (Å²) in [7, 11) is 0. The second-order valence-electron chi connectivity index (χ2n) is 8.06. The summed E-state index contributed by atoms with van der Waals surface area (Å²) in [6.45, 7) is 1.57. The summed E-state index contributed by atoms with van der Waals surface area (Å²) in [5.74, 6) is 0.372. The van der Waals surface area contributed by atoms with Crippen LogP contribution in [0.3, 0.4) is 0 Å². The summed E-state index contributed by atoms with van der Waals surface area (Å²) in [5.41, 5.74) is 8.51. The number of thiol groups is 1. The molecule has 1 aliphatic rings. The summed E-state index contributed by atoms with van der Waals surface area (Å²) < 4.78 is 0. The molecule has 0 aromatic heterocycles. The summed E-state index contributed by atoms with van der Waals surface area (Å²) in [5, 5.41) is 8.05. The largest absolute Gasteiger partial charge is 0.383 e. The Morgan fingerprint density at radius 2 is 1.97 bits per heavy atom. The highest BCUT2D eigenvalue weighted by Gasteiger charge is 2.34. The molecular formula is C25H28N4O2S. The van der Waals surface area contributed by atoms with E-state index in [0.717, 1.165) is 22.0 Å². The van der Waals surface area contributed by atoms with Gasteiger partial charge in [0.05, 0.1) is 0 Å². The van der Waals surface area contributed by atoms with Crippen LogP contribution in [0.1, 0.15) is 15.9 Å². The molecular weight excluding hydrogens is 420 g/mol. The van der Waals surface area contributed by atoms with E-state index in [9.17, 15) is 9.59 Å². The topological polar surface area (TPSA) is 87.5 Å². The van der Waals surface area contributed by atoms with Crippen LogP contribution in [0.15, 0.2) is 66.7 Å². The molecule has 0 unspecified atom stereocenters. The number of carbonyl (C=O) groups is 2. The molecule has 1 heterocycles. The van der Waals surface area contributed by atoms with E-state index in [4.69, 9.17) is 5.73 Å². The van der Waals surface area contributed by atoms with Crippen molar-refractivity contribution < 1.29 is 9.59 Å². The lowest BCUT2D eigenvalue weighted by Gasteiger charge is -2.35. The van der Waals surface area contributed by atoms with E-state index >= 15 is 0 Å². The molecule has 0 saturated carbocycles. The Labute approximate surface area is 193 Å². The Balaban J connectivity index is 1.60. The maximum Gasteiger partial charge on any atom is 0.255 e. The van der Waals surface area contributed by atoms with Gasteiger partial charge in [-0.2, -0.15) is 12.6 Å². The standard InChI is InChI=1S/C25H28N4O2S/c26-19(16-32)15-28-20-9-10-21-18(14-20)7-4-8-22(21)25(31)29-12-11-27-24(30)23(29)13-17-5-2-1-3-6-17/h1-10,14,19,23,28,32H,11-13,15-16,26H2,(H,27,30)/t19-,23+/m1/s1. The fourth-order valence-electron chi connectivity index (χ4n) is 4.05. The van der Waals surface area contributed by atoms with Gasteiger partial charge in [0.15, 0.2) is 0 Å². The summed E-state index contributed by atoms with van der Waals surface area (Å²) >= 11 is 4.22. The number of hydrogen-bond acceptors (Lipinski definition) is 5. The highest BCUT2D eigenvalue weighted by Crippen LogP contribution is 2.25. The van der Waals surface area contributed by atoms with E-state index in [0.29, 0.717) is 37.4 Å². The first-order valence-electron chi connectivity index (χ1n) is 10.8. The van der Waals surface area contributed by atoms with Crippen LogP contribution >= 0.6 is 12.6 Å². The molecule has 32 heavy (non-hydrogen) atoms. The van der Waals surface area contributed by atoms with Crippen LogP contribution < -0.4 is 16.4 Å². The van der Waals surface area contributed by atoms with Gasteiger partial charge in [-0.3, -0.25) is 9.59 Å². The van der Waals surface area contributed by atoms with Crippen molar-refractivity contribution in [3.05, 3.63) is 77.9 Å².